The molecule has 1 saturated carbocycles. The Bertz CT molecular complexity index is 246. The molecule has 0 aliphatic heterocycles. The van der Waals surface area contributed by atoms with E-state index in [1.165, 1.54) is 6.92 Å². The fraction of sp³-hybridized carbons (Fsp3) is 0.800. The number of hydrogen-bond acceptors (Lipinski definition) is 2. The second-order valence-corrected chi connectivity index (χ2v) is 4.13. The maximum Gasteiger partial charge on any atom is 0.315 e. The molecule has 0 heterocycles. The molecule has 0 spiro atoms. The Morgan fingerprint density at radius 3 is 2.43 bits per heavy atom. The Morgan fingerprint density at radius 2 is 2.07 bits per heavy atom. The van der Waals surface area contributed by atoms with Crippen LogP contribution in [0, 0.1) is 11.3 Å². The van der Waals surface area contributed by atoms with E-state index >= 15 is 0 Å². The van der Waals surface area contributed by atoms with Crippen molar-refractivity contribution in [2.45, 2.75) is 33.1 Å². The van der Waals surface area contributed by atoms with E-state index in [2.05, 4.69) is 12.2 Å². The van der Waals surface area contributed by atoms with Crippen LogP contribution in [0.1, 0.15) is 33.1 Å². The normalized spacial score (nSPS) is 19.9. The van der Waals surface area contributed by atoms with Crippen LogP contribution < -0.4 is 5.32 Å². The molecule has 1 aliphatic rings. The largest absolute Gasteiger partial charge is 0.481 e. The van der Waals surface area contributed by atoms with E-state index in [1.54, 1.807) is 0 Å². The molecule has 1 amide bonds. The third-order valence-corrected chi connectivity index (χ3v) is 3.11. The van der Waals surface area contributed by atoms with Gasteiger partial charge in [-0.1, -0.05) is 6.92 Å². The van der Waals surface area contributed by atoms with Gasteiger partial charge < -0.3 is 10.4 Å². The maximum absolute atomic E-state index is 11.3. The third-order valence-electron chi connectivity index (χ3n) is 3.11. The van der Waals surface area contributed by atoms with Crippen LogP contribution in [0.5, 0.6) is 0 Å². The van der Waals surface area contributed by atoms with Gasteiger partial charge in [-0.3, -0.25) is 9.59 Å². The number of amides is 1. The first-order valence-corrected chi connectivity index (χ1v) is 5.01. The lowest BCUT2D eigenvalue weighted by Crippen LogP contribution is -2.36. The Hall–Kier alpha value is -1.06. The van der Waals surface area contributed by atoms with Gasteiger partial charge in [-0.25, -0.2) is 0 Å². The predicted molar refractivity (Wildman–Crippen MR) is 51.8 cm³/mol. The zero-order valence-corrected chi connectivity index (χ0v) is 8.67. The molecule has 4 heteroatoms. The maximum atomic E-state index is 11.3. The molecule has 0 aromatic rings. The lowest BCUT2D eigenvalue weighted by Gasteiger charge is -2.14. The fourth-order valence-electron chi connectivity index (χ4n) is 1.37. The van der Waals surface area contributed by atoms with E-state index in [9.17, 15) is 9.59 Å². The monoisotopic (exact) mass is 199 g/mol. The highest BCUT2D eigenvalue weighted by atomic mass is 16.4. The number of carboxylic acid groups (broad SMARTS) is 1. The van der Waals surface area contributed by atoms with E-state index in [0.29, 0.717) is 6.54 Å². The van der Waals surface area contributed by atoms with Gasteiger partial charge in [0, 0.05) is 6.54 Å². The van der Waals surface area contributed by atoms with Gasteiger partial charge in [0.2, 0.25) is 5.91 Å². The number of carbonyl (C=O) groups is 2. The van der Waals surface area contributed by atoms with Crippen molar-refractivity contribution in [2.24, 2.45) is 11.3 Å². The third kappa shape index (κ3) is 2.47. The Balaban J connectivity index is 2.31. The summed E-state index contributed by atoms with van der Waals surface area (Å²) in [4.78, 5) is 21.8. The minimum atomic E-state index is -1.07. The van der Waals surface area contributed by atoms with Crippen molar-refractivity contribution in [2.75, 3.05) is 6.54 Å². The summed E-state index contributed by atoms with van der Waals surface area (Å²) in [6, 6.07) is 0. The number of carboxylic acids is 1. The van der Waals surface area contributed by atoms with Gasteiger partial charge in [0.1, 0.15) is 5.92 Å². The minimum Gasteiger partial charge on any atom is -0.481 e. The van der Waals surface area contributed by atoms with E-state index in [1.807, 2.05) is 0 Å². The molecular weight excluding hydrogens is 182 g/mol. The smallest absolute Gasteiger partial charge is 0.315 e. The molecule has 1 rings (SSSR count). The van der Waals surface area contributed by atoms with Crippen LogP contribution >= 0.6 is 0 Å². The lowest BCUT2D eigenvalue weighted by molar-refractivity contribution is -0.146. The SMILES string of the molecule is CCC1(CNC(=O)C(C)C(=O)O)CC1. The van der Waals surface area contributed by atoms with Crippen LogP contribution in [0.3, 0.4) is 0 Å². The molecule has 0 aromatic carbocycles. The van der Waals surface area contributed by atoms with Gasteiger partial charge in [-0.15, -0.1) is 0 Å². The molecule has 4 nitrogen and oxygen atoms in total. The van der Waals surface area contributed by atoms with E-state index in [4.69, 9.17) is 5.11 Å². The zero-order valence-electron chi connectivity index (χ0n) is 8.67. The average molecular weight is 199 g/mol. The van der Waals surface area contributed by atoms with E-state index in [0.717, 1.165) is 19.3 Å². The lowest BCUT2D eigenvalue weighted by atomic mass is 10.0. The molecule has 2 N–H and O–H groups in total. The fourth-order valence-corrected chi connectivity index (χ4v) is 1.37. The quantitative estimate of drug-likeness (QED) is 0.649. The molecule has 1 fully saturated rings. The Kier molecular flexibility index (Phi) is 3.13. The van der Waals surface area contributed by atoms with Gasteiger partial charge in [0.05, 0.1) is 0 Å². The van der Waals surface area contributed by atoms with Crippen LogP contribution in [0.25, 0.3) is 0 Å². The van der Waals surface area contributed by atoms with Crippen molar-refractivity contribution < 1.29 is 14.7 Å². The van der Waals surface area contributed by atoms with Crippen LogP contribution in [0.4, 0.5) is 0 Å². The molecule has 0 aromatic heterocycles. The summed E-state index contributed by atoms with van der Waals surface area (Å²) < 4.78 is 0. The van der Waals surface area contributed by atoms with Crippen molar-refractivity contribution in [3.05, 3.63) is 0 Å². The second-order valence-electron chi connectivity index (χ2n) is 4.13. The summed E-state index contributed by atoms with van der Waals surface area (Å²) in [7, 11) is 0. The average Bonchev–Trinajstić information content (AvgIpc) is 2.93. The first-order valence-electron chi connectivity index (χ1n) is 5.01. The number of rotatable bonds is 5. The molecule has 0 saturated heterocycles. The van der Waals surface area contributed by atoms with Crippen molar-refractivity contribution in [3.8, 4) is 0 Å². The molecular formula is C10H17NO3. The van der Waals surface area contributed by atoms with Crippen molar-refractivity contribution in [3.63, 3.8) is 0 Å². The van der Waals surface area contributed by atoms with Crippen molar-refractivity contribution in [1.29, 1.82) is 0 Å². The molecule has 1 atom stereocenters. The van der Waals surface area contributed by atoms with Crippen LogP contribution in [-0.4, -0.2) is 23.5 Å². The molecule has 80 valence electrons. The van der Waals surface area contributed by atoms with E-state index < -0.39 is 11.9 Å². The van der Waals surface area contributed by atoms with E-state index in [-0.39, 0.29) is 11.3 Å². The number of nitrogens with one attached hydrogen (secondary N) is 1. The Morgan fingerprint density at radius 1 is 1.50 bits per heavy atom. The first-order chi connectivity index (χ1) is 6.51. The highest BCUT2D eigenvalue weighted by Crippen LogP contribution is 2.47. The van der Waals surface area contributed by atoms with Crippen molar-refractivity contribution >= 4 is 11.9 Å². The second kappa shape index (κ2) is 3.98. The molecule has 1 unspecified atom stereocenters. The predicted octanol–water partition coefficient (Wildman–Crippen LogP) is 1.01. The summed E-state index contributed by atoms with van der Waals surface area (Å²) in [6.45, 7) is 4.13. The van der Waals surface area contributed by atoms with Gasteiger partial charge >= 0.3 is 5.97 Å². The first kappa shape index (κ1) is 11.0. The topological polar surface area (TPSA) is 66.4 Å². The summed E-state index contributed by atoms with van der Waals surface area (Å²) in [5.41, 5.74) is 0.272. The Labute approximate surface area is 83.7 Å². The summed E-state index contributed by atoms with van der Waals surface area (Å²) >= 11 is 0. The number of carbonyl (C=O) groups excluding carboxylic acids is 1. The summed E-state index contributed by atoms with van der Waals surface area (Å²) in [5, 5.41) is 11.3. The van der Waals surface area contributed by atoms with Crippen molar-refractivity contribution in [1.82, 2.24) is 5.32 Å². The summed E-state index contributed by atoms with van der Waals surface area (Å²) in [6.07, 6.45) is 3.34. The highest BCUT2D eigenvalue weighted by molar-refractivity contribution is 5.96. The minimum absolute atomic E-state index is 0.272. The summed E-state index contributed by atoms with van der Waals surface area (Å²) in [5.74, 6) is -2.39. The van der Waals surface area contributed by atoms with Crippen LogP contribution in [0.15, 0.2) is 0 Å². The van der Waals surface area contributed by atoms with Gasteiger partial charge in [-0.05, 0) is 31.6 Å². The van der Waals surface area contributed by atoms with Crippen LogP contribution in [0.2, 0.25) is 0 Å². The molecule has 1 aliphatic carbocycles. The standard InChI is InChI=1S/C10H17NO3/c1-3-10(4-5-10)6-11-8(12)7(2)9(13)14/h7H,3-6H2,1-2H3,(H,11,12)(H,13,14). The number of hydrogen-bond donors (Lipinski definition) is 2. The molecule has 0 bridgehead atoms. The highest BCUT2D eigenvalue weighted by Gasteiger charge is 2.41. The van der Waals surface area contributed by atoms with Gasteiger partial charge in [0.25, 0.3) is 0 Å². The number of aliphatic carboxylic acids is 1. The van der Waals surface area contributed by atoms with Crippen LogP contribution in [-0.2, 0) is 9.59 Å². The zero-order chi connectivity index (χ0) is 10.8. The van der Waals surface area contributed by atoms with Gasteiger partial charge in [-0.2, -0.15) is 0 Å². The van der Waals surface area contributed by atoms with Gasteiger partial charge in [0.15, 0.2) is 0 Å². The molecule has 14 heavy (non-hydrogen) atoms. The molecule has 0 radical (unpaired) electrons.